The highest BCUT2D eigenvalue weighted by Gasteiger charge is 2.58. The number of hydrogen-bond donors (Lipinski definition) is 1. The molecule has 0 bridgehead atoms. The molecule has 2 aliphatic rings. The van der Waals surface area contributed by atoms with Crippen molar-refractivity contribution in [3.63, 3.8) is 0 Å². The highest BCUT2D eigenvalue weighted by atomic mass is 127. The van der Waals surface area contributed by atoms with Crippen LogP contribution < -0.4 is 5.32 Å². The average molecular weight is 371 g/mol. The summed E-state index contributed by atoms with van der Waals surface area (Å²) in [5.41, 5.74) is 3.08. The van der Waals surface area contributed by atoms with Crippen molar-refractivity contribution in [1.82, 2.24) is 0 Å². The minimum atomic E-state index is 0.436. The van der Waals surface area contributed by atoms with E-state index in [1.54, 1.807) is 0 Å². The first-order chi connectivity index (χ1) is 9.15. The summed E-state index contributed by atoms with van der Waals surface area (Å²) >= 11 is 2.37. The molecule has 0 radical (unpaired) electrons. The smallest absolute Gasteiger partial charge is 0.0670 e. The molecule has 1 aromatic carbocycles. The molecule has 1 spiro atoms. The van der Waals surface area contributed by atoms with E-state index in [2.05, 4.69) is 60.0 Å². The van der Waals surface area contributed by atoms with Crippen LogP contribution in [0.3, 0.4) is 0 Å². The molecule has 0 amide bonds. The van der Waals surface area contributed by atoms with Crippen molar-refractivity contribution in [3.8, 4) is 0 Å². The third-order valence-electron chi connectivity index (χ3n) is 4.96. The lowest BCUT2D eigenvalue weighted by atomic mass is 9.51. The summed E-state index contributed by atoms with van der Waals surface area (Å²) < 4.78 is 7.22. The Morgan fingerprint density at radius 3 is 2.79 bits per heavy atom. The molecule has 0 heterocycles. The molecule has 3 heteroatoms. The number of benzene rings is 1. The molecular formula is C16H22INO. The Hall–Kier alpha value is -0.290. The molecular weight excluding hydrogens is 349 g/mol. The summed E-state index contributed by atoms with van der Waals surface area (Å²) in [6.45, 7) is 5.15. The Morgan fingerprint density at radius 2 is 2.21 bits per heavy atom. The molecule has 19 heavy (non-hydrogen) atoms. The second-order valence-electron chi connectivity index (χ2n) is 5.92. The zero-order chi connectivity index (χ0) is 13.5. The van der Waals surface area contributed by atoms with Gasteiger partial charge in [-0.05, 0) is 79.5 Å². The minimum Gasteiger partial charge on any atom is -0.381 e. The van der Waals surface area contributed by atoms with Crippen LogP contribution >= 0.6 is 22.6 Å². The topological polar surface area (TPSA) is 21.3 Å². The van der Waals surface area contributed by atoms with E-state index >= 15 is 0 Å². The van der Waals surface area contributed by atoms with E-state index in [1.807, 2.05) is 0 Å². The zero-order valence-electron chi connectivity index (χ0n) is 11.7. The number of halogens is 1. The van der Waals surface area contributed by atoms with E-state index in [0.717, 1.165) is 6.61 Å². The summed E-state index contributed by atoms with van der Waals surface area (Å²) in [6.07, 6.45) is 5.69. The van der Waals surface area contributed by atoms with Gasteiger partial charge >= 0.3 is 0 Å². The van der Waals surface area contributed by atoms with E-state index in [-0.39, 0.29) is 0 Å². The van der Waals surface area contributed by atoms with Crippen molar-refractivity contribution in [2.24, 2.45) is 5.41 Å². The molecule has 2 unspecified atom stereocenters. The van der Waals surface area contributed by atoms with Crippen LogP contribution in [-0.4, -0.2) is 18.8 Å². The van der Waals surface area contributed by atoms with Crippen LogP contribution in [0, 0.1) is 15.9 Å². The van der Waals surface area contributed by atoms with E-state index < -0.39 is 0 Å². The third-order valence-corrected chi connectivity index (χ3v) is 5.63. The predicted octanol–water partition coefficient (Wildman–Crippen LogP) is 4.36. The highest BCUT2D eigenvalue weighted by molar-refractivity contribution is 14.1. The van der Waals surface area contributed by atoms with Crippen molar-refractivity contribution >= 4 is 28.3 Å². The Bertz CT molecular complexity index is 470. The fourth-order valence-electron chi connectivity index (χ4n) is 3.62. The maximum absolute atomic E-state index is 5.91. The first-order valence-electron chi connectivity index (χ1n) is 7.30. The molecule has 2 atom stereocenters. The van der Waals surface area contributed by atoms with Crippen LogP contribution in [0.5, 0.6) is 0 Å². The number of ether oxygens (including phenoxy) is 1. The Kier molecular flexibility index (Phi) is 3.78. The number of rotatable bonds is 4. The van der Waals surface area contributed by atoms with E-state index in [4.69, 9.17) is 4.74 Å². The lowest BCUT2D eigenvalue weighted by Gasteiger charge is -2.61. The minimum absolute atomic E-state index is 0.436. The second-order valence-corrected chi connectivity index (χ2v) is 7.17. The van der Waals surface area contributed by atoms with Gasteiger partial charge in [-0.15, -0.1) is 0 Å². The van der Waals surface area contributed by atoms with Crippen LogP contribution in [0.2, 0.25) is 0 Å². The molecule has 3 rings (SSSR count). The van der Waals surface area contributed by atoms with Gasteiger partial charge in [-0.25, -0.2) is 0 Å². The van der Waals surface area contributed by atoms with E-state index in [1.165, 1.54) is 40.5 Å². The summed E-state index contributed by atoms with van der Waals surface area (Å²) in [4.78, 5) is 0. The number of aryl methyl sites for hydroxylation is 1. The Balaban J connectivity index is 1.71. The maximum Gasteiger partial charge on any atom is 0.0670 e. The molecule has 2 fully saturated rings. The Morgan fingerprint density at radius 1 is 1.42 bits per heavy atom. The van der Waals surface area contributed by atoms with Gasteiger partial charge in [-0.1, -0.05) is 6.42 Å². The average Bonchev–Trinajstić information content (AvgIpc) is 2.28. The third kappa shape index (κ3) is 2.29. The molecule has 2 saturated carbocycles. The monoisotopic (exact) mass is 371 g/mol. The summed E-state index contributed by atoms with van der Waals surface area (Å²) in [6, 6.07) is 7.26. The molecule has 1 N–H and O–H groups in total. The molecule has 0 aliphatic heterocycles. The van der Waals surface area contributed by atoms with Gasteiger partial charge in [0.25, 0.3) is 0 Å². The molecule has 0 aromatic heterocycles. The fraction of sp³-hybridized carbons (Fsp3) is 0.625. The van der Waals surface area contributed by atoms with Crippen LogP contribution in [0.15, 0.2) is 18.2 Å². The van der Waals surface area contributed by atoms with Crippen molar-refractivity contribution in [2.75, 3.05) is 11.9 Å². The van der Waals surface area contributed by atoms with Crippen molar-refractivity contribution in [3.05, 3.63) is 27.3 Å². The van der Waals surface area contributed by atoms with Gasteiger partial charge in [-0.2, -0.15) is 0 Å². The first kappa shape index (κ1) is 13.7. The zero-order valence-corrected chi connectivity index (χ0v) is 13.9. The Labute approximate surface area is 129 Å². The van der Waals surface area contributed by atoms with Gasteiger partial charge in [0, 0.05) is 27.3 Å². The van der Waals surface area contributed by atoms with Gasteiger partial charge in [0.1, 0.15) is 0 Å². The maximum atomic E-state index is 5.91. The summed E-state index contributed by atoms with van der Waals surface area (Å²) in [5.74, 6) is 0. The van der Waals surface area contributed by atoms with Gasteiger partial charge in [-0.3, -0.25) is 0 Å². The lowest BCUT2D eigenvalue weighted by Crippen LogP contribution is -2.64. The van der Waals surface area contributed by atoms with Crippen molar-refractivity contribution in [1.29, 1.82) is 0 Å². The SMILES string of the molecule is CCOC1CC(Nc2ccc(I)cc2C)C12CCC2. The largest absolute Gasteiger partial charge is 0.381 e. The summed E-state index contributed by atoms with van der Waals surface area (Å²) in [7, 11) is 0. The van der Waals surface area contributed by atoms with Gasteiger partial charge < -0.3 is 10.1 Å². The fourth-order valence-corrected chi connectivity index (χ4v) is 4.26. The number of hydrogen-bond acceptors (Lipinski definition) is 2. The molecule has 2 aliphatic carbocycles. The molecule has 0 saturated heterocycles. The van der Waals surface area contributed by atoms with E-state index in [0.29, 0.717) is 17.6 Å². The lowest BCUT2D eigenvalue weighted by molar-refractivity contribution is -0.157. The molecule has 104 valence electrons. The molecule has 1 aromatic rings. The van der Waals surface area contributed by atoms with Crippen LogP contribution in [0.25, 0.3) is 0 Å². The van der Waals surface area contributed by atoms with Gasteiger partial charge in [0.15, 0.2) is 0 Å². The van der Waals surface area contributed by atoms with Crippen LogP contribution in [0.4, 0.5) is 5.69 Å². The summed E-state index contributed by atoms with van der Waals surface area (Å²) in [5, 5.41) is 3.77. The van der Waals surface area contributed by atoms with Gasteiger partial charge in [0.2, 0.25) is 0 Å². The van der Waals surface area contributed by atoms with Crippen molar-refractivity contribution in [2.45, 2.75) is 51.7 Å². The van der Waals surface area contributed by atoms with Crippen LogP contribution in [-0.2, 0) is 4.74 Å². The number of nitrogens with one attached hydrogen (secondary N) is 1. The quantitative estimate of drug-likeness (QED) is 0.795. The van der Waals surface area contributed by atoms with Gasteiger partial charge in [0.05, 0.1) is 6.10 Å². The predicted molar refractivity (Wildman–Crippen MR) is 87.6 cm³/mol. The normalized spacial score (nSPS) is 27.7. The van der Waals surface area contributed by atoms with E-state index in [9.17, 15) is 0 Å². The standard InChI is InChI=1S/C16H22INO/c1-3-19-15-10-14(16(15)7-4-8-16)18-13-6-5-12(17)9-11(13)2/h5-6,9,14-15,18H,3-4,7-8,10H2,1-2H3. The second kappa shape index (κ2) is 5.24. The van der Waals surface area contributed by atoms with Crippen molar-refractivity contribution < 1.29 is 4.74 Å². The highest BCUT2D eigenvalue weighted by Crippen LogP contribution is 2.58. The first-order valence-corrected chi connectivity index (χ1v) is 8.38. The van der Waals surface area contributed by atoms with Crippen LogP contribution in [0.1, 0.15) is 38.2 Å². The number of anilines is 1. The molecule has 2 nitrogen and oxygen atoms in total.